The molecule has 0 aliphatic heterocycles. The lowest BCUT2D eigenvalue weighted by Crippen LogP contribution is -2.36. The number of carbonyl (C=O) groups is 2. The van der Waals surface area contributed by atoms with Gasteiger partial charge in [-0.2, -0.15) is 13.2 Å². The second-order valence-corrected chi connectivity index (χ2v) is 5.92. The first-order valence-electron chi connectivity index (χ1n) is 7.93. The molecule has 0 spiro atoms. The predicted molar refractivity (Wildman–Crippen MR) is 92.1 cm³/mol. The SMILES string of the molecule is CCOC(=O)CN(Cc1ccc(C(F)(F)F)cc1)C(=O)c1ccnc(Cl)c1. The van der Waals surface area contributed by atoms with Gasteiger partial charge in [0.1, 0.15) is 11.7 Å². The molecule has 0 N–H and O–H groups in total. The zero-order chi connectivity index (χ0) is 20.0. The fraction of sp³-hybridized carbons (Fsp3) is 0.278. The number of hydrogen-bond donors (Lipinski definition) is 0. The number of aromatic nitrogens is 1. The first-order valence-corrected chi connectivity index (χ1v) is 8.31. The third kappa shape index (κ3) is 5.96. The van der Waals surface area contributed by atoms with Crippen LogP contribution in [-0.2, 0) is 22.3 Å². The number of benzene rings is 1. The average Bonchev–Trinajstić information content (AvgIpc) is 2.60. The highest BCUT2D eigenvalue weighted by molar-refractivity contribution is 6.29. The van der Waals surface area contributed by atoms with Gasteiger partial charge in [-0.1, -0.05) is 23.7 Å². The van der Waals surface area contributed by atoms with Crippen LogP contribution < -0.4 is 0 Å². The van der Waals surface area contributed by atoms with Crippen LogP contribution in [0.2, 0.25) is 5.15 Å². The highest BCUT2D eigenvalue weighted by Gasteiger charge is 2.30. The Hall–Kier alpha value is -2.61. The van der Waals surface area contributed by atoms with E-state index in [1.54, 1.807) is 6.92 Å². The van der Waals surface area contributed by atoms with Gasteiger partial charge in [-0.15, -0.1) is 0 Å². The van der Waals surface area contributed by atoms with Crippen LogP contribution >= 0.6 is 11.6 Å². The maximum Gasteiger partial charge on any atom is 0.416 e. The van der Waals surface area contributed by atoms with Gasteiger partial charge in [0.05, 0.1) is 12.2 Å². The first-order chi connectivity index (χ1) is 12.7. The average molecular weight is 401 g/mol. The predicted octanol–water partition coefficient (Wildman–Crippen LogP) is 3.96. The van der Waals surface area contributed by atoms with Crippen molar-refractivity contribution in [2.45, 2.75) is 19.6 Å². The summed E-state index contributed by atoms with van der Waals surface area (Å²) in [6, 6.07) is 7.13. The van der Waals surface area contributed by atoms with E-state index >= 15 is 0 Å². The molecule has 1 heterocycles. The smallest absolute Gasteiger partial charge is 0.416 e. The molecule has 0 aliphatic rings. The maximum atomic E-state index is 12.7. The number of alkyl halides is 3. The van der Waals surface area contributed by atoms with Gasteiger partial charge in [-0.25, -0.2) is 4.98 Å². The van der Waals surface area contributed by atoms with Gasteiger partial charge in [0.15, 0.2) is 0 Å². The van der Waals surface area contributed by atoms with E-state index in [2.05, 4.69) is 4.98 Å². The molecule has 0 saturated heterocycles. The fourth-order valence-electron chi connectivity index (χ4n) is 2.30. The van der Waals surface area contributed by atoms with E-state index in [1.165, 1.54) is 35.4 Å². The second-order valence-electron chi connectivity index (χ2n) is 5.53. The number of halogens is 4. The summed E-state index contributed by atoms with van der Waals surface area (Å²) in [4.78, 5) is 29.5. The Bertz CT molecular complexity index is 810. The Balaban J connectivity index is 2.24. The molecule has 2 aromatic rings. The molecule has 0 fully saturated rings. The summed E-state index contributed by atoms with van der Waals surface area (Å²) in [5.74, 6) is -1.15. The molecule has 0 saturated carbocycles. The minimum atomic E-state index is -4.45. The number of esters is 1. The molecule has 9 heteroatoms. The van der Waals surface area contributed by atoms with Crippen molar-refractivity contribution < 1.29 is 27.5 Å². The number of nitrogens with zero attached hydrogens (tertiary/aromatic N) is 2. The van der Waals surface area contributed by atoms with Gasteiger partial charge >= 0.3 is 12.1 Å². The monoisotopic (exact) mass is 400 g/mol. The second kappa shape index (κ2) is 8.85. The number of hydrogen-bond acceptors (Lipinski definition) is 4. The Morgan fingerprint density at radius 1 is 1.19 bits per heavy atom. The van der Waals surface area contributed by atoms with Gasteiger partial charge in [-0.3, -0.25) is 9.59 Å². The molecule has 1 aromatic carbocycles. The molecule has 0 radical (unpaired) electrons. The third-order valence-electron chi connectivity index (χ3n) is 3.54. The standard InChI is InChI=1S/C18H16ClF3N2O3/c1-2-27-16(25)11-24(17(26)13-7-8-23-15(19)9-13)10-12-3-5-14(6-4-12)18(20,21)22/h3-9H,2,10-11H2,1H3. The maximum absolute atomic E-state index is 12.7. The van der Waals surface area contributed by atoms with E-state index in [9.17, 15) is 22.8 Å². The molecule has 27 heavy (non-hydrogen) atoms. The van der Waals surface area contributed by atoms with Gasteiger partial charge in [0.25, 0.3) is 5.91 Å². The summed E-state index contributed by atoms with van der Waals surface area (Å²) in [6.07, 6.45) is -3.11. The van der Waals surface area contributed by atoms with E-state index in [1.807, 2.05) is 0 Å². The topological polar surface area (TPSA) is 59.5 Å². The number of amides is 1. The number of rotatable bonds is 6. The van der Waals surface area contributed by atoms with Crippen molar-refractivity contribution >= 4 is 23.5 Å². The molecule has 2 rings (SSSR count). The van der Waals surface area contributed by atoms with Gasteiger partial charge in [0, 0.05) is 18.3 Å². The molecule has 0 bridgehead atoms. The van der Waals surface area contributed by atoms with E-state index in [0.29, 0.717) is 5.56 Å². The molecule has 5 nitrogen and oxygen atoms in total. The molecule has 0 atom stereocenters. The molecule has 1 amide bonds. The van der Waals surface area contributed by atoms with Gasteiger partial charge in [-0.05, 0) is 36.8 Å². The summed E-state index contributed by atoms with van der Waals surface area (Å²) in [6.45, 7) is 1.34. The van der Waals surface area contributed by atoms with Crippen LogP contribution in [0.3, 0.4) is 0 Å². The molecule has 0 aliphatic carbocycles. The Labute approximate surface area is 158 Å². The van der Waals surface area contributed by atoms with E-state index in [-0.39, 0.29) is 30.4 Å². The van der Waals surface area contributed by atoms with Crippen LogP contribution in [0, 0.1) is 0 Å². The zero-order valence-electron chi connectivity index (χ0n) is 14.3. The minimum absolute atomic E-state index is 0.0737. The summed E-state index contributed by atoms with van der Waals surface area (Å²) in [5.41, 5.74) is -0.164. The summed E-state index contributed by atoms with van der Waals surface area (Å²) < 4.78 is 42.9. The highest BCUT2D eigenvalue weighted by atomic mass is 35.5. The van der Waals surface area contributed by atoms with Crippen molar-refractivity contribution in [2.75, 3.05) is 13.2 Å². The van der Waals surface area contributed by atoms with Crippen molar-refractivity contribution in [2.24, 2.45) is 0 Å². The van der Waals surface area contributed by atoms with Crippen LogP contribution in [0.4, 0.5) is 13.2 Å². The molecule has 0 unspecified atom stereocenters. The molecular weight excluding hydrogens is 385 g/mol. The zero-order valence-corrected chi connectivity index (χ0v) is 15.0. The van der Waals surface area contributed by atoms with E-state index in [0.717, 1.165) is 12.1 Å². The highest BCUT2D eigenvalue weighted by Crippen LogP contribution is 2.29. The third-order valence-corrected chi connectivity index (χ3v) is 3.75. The van der Waals surface area contributed by atoms with Crippen LogP contribution in [0.15, 0.2) is 42.6 Å². The number of carbonyl (C=O) groups excluding carboxylic acids is 2. The fourth-order valence-corrected chi connectivity index (χ4v) is 2.47. The molecular formula is C18H16ClF3N2O3. The van der Waals surface area contributed by atoms with Crippen molar-refractivity contribution in [1.82, 2.24) is 9.88 Å². The summed E-state index contributed by atoms with van der Waals surface area (Å²) >= 11 is 5.79. The summed E-state index contributed by atoms with van der Waals surface area (Å²) in [5, 5.41) is 0.103. The lowest BCUT2D eigenvalue weighted by molar-refractivity contribution is -0.144. The van der Waals surface area contributed by atoms with Crippen LogP contribution in [0.25, 0.3) is 0 Å². The first kappa shape index (κ1) is 20.7. The Kier molecular flexibility index (Phi) is 6.79. The van der Waals surface area contributed by atoms with Crippen LogP contribution in [-0.4, -0.2) is 34.9 Å². The lowest BCUT2D eigenvalue weighted by atomic mass is 10.1. The van der Waals surface area contributed by atoms with Crippen molar-refractivity contribution in [3.63, 3.8) is 0 Å². The quantitative estimate of drug-likeness (QED) is 0.544. The van der Waals surface area contributed by atoms with Crippen molar-refractivity contribution in [3.8, 4) is 0 Å². The lowest BCUT2D eigenvalue weighted by Gasteiger charge is -2.22. The van der Waals surface area contributed by atoms with E-state index in [4.69, 9.17) is 16.3 Å². The molecule has 1 aromatic heterocycles. The Morgan fingerprint density at radius 3 is 2.41 bits per heavy atom. The van der Waals surface area contributed by atoms with Crippen molar-refractivity contribution in [3.05, 3.63) is 64.4 Å². The van der Waals surface area contributed by atoms with Gasteiger partial charge < -0.3 is 9.64 Å². The number of pyridine rings is 1. The minimum Gasteiger partial charge on any atom is -0.465 e. The van der Waals surface area contributed by atoms with Crippen molar-refractivity contribution in [1.29, 1.82) is 0 Å². The summed E-state index contributed by atoms with van der Waals surface area (Å²) in [7, 11) is 0. The largest absolute Gasteiger partial charge is 0.465 e. The number of ether oxygens (including phenoxy) is 1. The van der Waals surface area contributed by atoms with E-state index < -0.39 is 23.6 Å². The normalized spacial score (nSPS) is 11.1. The Morgan fingerprint density at radius 2 is 1.85 bits per heavy atom. The van der Waals surface area contributed by atoms with Crippen LogP contribution in [0.5, 0.6) is 0 Å². The van der Waals surface area contributed by atoms with Gasteiger partial charge in [0.2, 0.25) is 0 Å². The molecule has 144 valence electrons. The van der Waals surface area contributed by atoms with Crippen LogP contribution in [0.1, 0.15) is 28.4 Å².